The van der Waals surface area contributed by atoms with Crippen LogP contribution in [-0.2, 0) is 22.5 Å². The van der Waals surface area contributed by atoms with Crippen molar-refractivity contribution in [1.82, 2.24) is 29.8 Å². The lowest BCUT2D eigenvalue weighted by atomic mass is 10.0. The summed E-state index contributed by atoms with van der Waals surface area (Å²) in [6.45, 7) is 2.11. The Balaban J connectivity index is 1.33. The Hall–Kier alpha value is -4.44. The number of carbonyl (C=O) groups excluding carboxylic acids is 1. The van der Waals surface area contributed by atoms with Gasteiger partial charge in [0, 0.05) is 35.0 Å². The van der Waals surface area contributed by atoms with Gasteiger partial charge in [-0.25, -0.2) is 4.98 Å². The van der Waals surface area contributed by atoms with Gasteiger partial charge in [0.2, 0.25) is 0 Å². The van der Waals surface area contributed by atoms with Crippen LogP contribution in [-0.4, -0.2) is 48.5 Å². The number of hydrogen-bond acceptors (Lipinski definition) is 8. The minimum Gasteiger partial charge on any atom is -0.469 e. The minimum atomic E-state index is -0.277. The van der Waals surface area contributed by atoms with Crippen LogP contribution in [0.2, 0.25) is 5.02 Å². The molecule has 11 heteroatoms. The normalized spacial score (nSPS) is 12.8. The number of hydrogen-bond donors (Lipinski definition) is 0. The molecule has 1 aliphatic rings. The summed E-state index contributed by atoms with van der Waals surface area (Å²) < 4.78 is 7.81. The number of methoxy groups -OCH3 is 1. The molecule has 3 heterocycles. The van der Waals surface area contributed by atoms with Crippen LogP contribution >= 0.6 is 11.6 Å². The number of aromatic nitrogens is 6. The molecule has 0 saturated heterocycles. The maximum absolute atomic E-state index is 13.1. The van der Waals surface area contributed by atoms with Crippen LogP contribution in [0.15, 0.2) is 70.8 Å². The van der Waals surface area contributed by atoms with Crippen molar-refractivity contribution in [3.05, 3.63) is 93.4 Å². The highest BCUT2D eigenvalue weighted by atomic mass is 35.5. The predicted octanol–water partition coefficient (Wildman–Crippen LogP) is 3.45. The first kappa shape index (κ1) is 24.3. The number of benzene rings is 2. The average molecular weight is 516 g/mol. The Morgan fingerprint density at radius 1 is 1.14 bits per heavy atom. The van der Waals surface area contributed by atoms with Crippen LogP contribution in [0.25, 0.3) is 22.5 Å². The van der Waals surface area contributed by atoms with Crippen molar-refractivity contribution < 1.29 is 9.53 Å². The lowest BCUT2D eigenvalue weighted by Crippen LogP contribution is -2.26. The van der Waals surface area contributed by atoms with Gasteiger partial charge in [-0.15, -0.1) is 5.10 Å². The number of carbonyl (C=O) groups is 1. The summed E-state index contributed by atoms with van der Waals surface area (Å²) in [5.74, 6) is 0.273. The maximum Gasteiger partial charge on any atom is 0.309 e. The Bertz CT molecular complexity index is 1590. The van der Waals surface area contributed by atoms with Gasteiger partial charge in [-0.1, -0.05) is 35.9 Å². The Labute approximate surface area is 216 Å². The summed E-state index contributed by atoms with van der Waals surface area (Å²) in [6, 6.07) is 14.5. The van der Waals surface area contributed by atoms with Gasteiger partial charge in [-0.05, 0) is 52.2 Å². The zero-order chi connectivity index (χ0) is 25.9. The molecule has 0 unspecified atom stereocenters. The lowest BCUT2D eigenvalue weighted by Gasteiger charge is -2.13. The number of nitrogens with zero attached hydrogens (tertiary/aromatic N) is 7. The molecule has 0 fully saturated rings. The summed E-state index contributed by atoms with van der Waals surface area (Å²) in [4.78, 5) is 33.9. The molecule has 186 valence electrons. The van der Waals surface area contributed by atoms with Crippen LogP contribution in [0.4, 0.5) is 0 Å². The van der Waals surface area contributed by atoms with Crippen molar-refractivity contribution in [2.45, 2.75) is 26.3 Å². The van der Waals surface area contributed by atoms with Crippen LogP contribution in [0.3, 0.4) is 0 Å². The number of aryl methyl sites for hydroxylation is 1. The summed E-state index contributed by atoms with van der Waals surface area (Å²) in [5, 5.41) is 11.8. The van der Waals surface area contributed by atoms with Crippen molar-refractivity contribution in [2.24, 2.45) is 4.99 Å². The van der Waals surface area contributed by atoms with E-state index in [-0.39, 0.29) is 17.9 Å². The van der Waals surface area contributed by atoms with Crippen molar-refractivity contribution in [3.8, 4) is 16.9 Å². The first-order valence-corrected chi connectivity index (χ1v) is 11.8. The van der Waals surface area contributed by atoms with Gasteiger partial charge >= 0.3 is 5.97 Å². The number of halogens is 1. The molecule has 0 radical (unpaired) electrons. The van der Waals surface area contributed by atoms with Crippen molar-refractivity contribution >= 4 is 28.9 Å². The monoisotopic (exact) mass is 515 g/mol. The minimum absolute atomic E-state index is 0.201. The van der Waals surface area contributed by atoms with Gasteiger partial charge in [-0.3, -0.25) is 19.1 Å². The number of allylic oxidation sites excluding steroid dienone is 1. The summed E-state index contributed by atoms with van der Waals surface area (Å²) >= 11 is 6.24. The highest BCUT2D eigenvalue weighted by Crippen LogP contribution is 2.28. The molecule has 0 aliphatic carbocycles. The molecular weight excluding hydrogens is 494 g/mol. The van der Waals surface area contributed by atoms with E-state index in [1.807, 2.05) is 30.5 Å². The van der Waals surface area contributed by atoms with Gasteiger partial charge in [0.1, 0.15) is 12.2 Å². The Morgan fingerprint density at radius 2 is 1.95 bits per heavy atom. The zero-order valence-electron chi connectivity index (χ0n) is 20.1. The zero-order valence-corrected chi connectivity index (χ0v) is 20.9. The van der Waals surface area contributed by atoms with E-state index in [1.165, 1.54) is 24.2 Å². The third-order valence-corrected chi connectivity index (χ3v) is 6.30. The number of aliphatic imine (C=N–C) groups is 1. The van der Waals surface area contributed by atoms with E-state index in [0.717, 1.165) is 22.4 Å². The highest BCUT2D eigenvalue weighted by molar-refractivity contribution is 6.31. The highest BCUT2D eigenvalue weighted by Gasteiger charge is 2.17. The molecule has 37 heavy (non-hydrogen) atoms. The fourth-order valence-electron chi connectivity index (χ4n) is 4.15. The quantitative estimate of drug-likeness (QED) is 0.346. The summed E-state index contributed by atoms with van der Waals surface area (Å²) in [6.07, 6.45) is 4.13. The lowest BCUT2D eigenvalue weighted by molar-refractivity contribution is -0.139. The van der Waals surface area contributed by atoms with Crippen molar-refractivity contribution in [3.63, 3.8) is 0 Å². The van der Waals surface area contributed by atoms with E-state index in [0.29, 0.717) is 40.8 Å². The van der Waals surface area contributed by atoms with Crippen LogP contribution in [0, 0.1) is 6.92 Å². The van der Waals surface area contributed by atoms with E-state index in [4.69, 9.17) is 16.3 Å². The van der Waals surface area contributed by atoms with E-state index in [2.05, 4.69) is 25.5 Å². The second-order valence-corrected chi connectivity index (χ2v) is 8.94. The molecule has 10 nitrogen and oxygen atoms in total. The van der Waals surface area contributed by atoms with Crippen molar-refractivity contribution in [2.75, 3.05) is 7.11 Å². The summed E-state index contributed by atoms with van der Waals surface area (Å²) in [7, 11) is 1.38. The number of tetrazole rings is 1. The average Bonchev–Trinajstić information content (AvgIpc) is 3.59. The number of rotatable bonds is 7. The van der Waals surface area contributed by atoms with Crippen LogP contribution in [0.5, 0.6) is 0 Å². The number of ether oxygens (including phenoxy) is 1. The third-order valence-electron chi connectivity index (χ3n) is 6.07. The van der Waals surface area contributed by atoms with Crippen LogP contribution < -0.4 is 5.56 Å². The SMILES string of the molecule is COC(=O)Cc1ccc(C2=CN=C(Cn3c(C)nc(-c4cc(Cl)ccc4-n4cnnn4)cc3=O)C2)cc1. The second-order valence-electron chi connectivity index (χ2n) is 8.51. The molecule has 0 amide bonds. The standard InChI is InChI=1S/C26H22ClN7O3/c1-16-30-23(22-11-20(27)7-8-24(22)34-15-29-31-32-34)12-25(35)33(16)14-21-10-19(13-28-21)18-5-3-17(4-6-18)9-26(36)37-2/h3-8,11-13,15H,9-10,14H2,1-2H3. The van der Waals surface area contributed by atoms with Gasteiger partial charge in [-0.2, -0.15) is 4.68 Å². The summed E-state index contributed by atoms with van der Waals surface area (Å²) in [5.41, 5.74) is 5.37. The van der Waals surface area contributed by atoms with Gasteiger partial charge < -0.3 is 4.74 Å². The van der Waals surface area contributed by atoms with E-state index < -0.39 is 0 Å². The molecule has 2 aromatic carbocycles. The fraction of sp³-hybridized carbons (Fsp3) is 0.192. The molecule has 0 saturated carbocycles. The molecule has 0 N–H and O–H groups in total. The topological polar surface area (TPSA) is 117 Å². The van der Waals surface area contributed by atoms with Gasteiger partial charge in [0.05, 0.1) is 31.5 Å². The molecule has 0 atom stereocenters. The molecule has 0 spiro atoms. The fourth-order valence-corrected chi connectivity index (χ4v) is 4.32. The molecule has 5 rings (SSSR count). The molecule has 2 aromatic heterocycles. The third kappa shape index (κ3) is 5.24. The number of esters is 1. The second kappa shape index (κ2) is 10.3. The van der Waals surface area contributed by atoms with Gasteiger partial charge in [0.25, 0.3) is 5.56 Å². The van der Waals surface area contributed by atoms with Crippen LogP contribution in [0.1, 0.15) is 23.4 Å². The Kier molecular flexibility index (Phi) is 6.74. The van der Waals surface area contributed by atoms with Gasteiger partial charge in [0.15, 0.2) is 0 Å². The van der Waals surface area contributed by atoms with E-state index in [1.54, 1.807) is 29.7 Å². The Morgan fingerprint density at radius 3 is 2.65 bits per heavy atom. The molecule has 1 aliphatic heterocycles. The molecule has 0 bridgehead atoms. The predicted molar refractivity (Wildman–Crippen MR) is 139 cm³/mol. The first-order chi connectivity index (χ1) is 17.9. The first-order valence-electron chi connectivity index (χ1n) is 11.4. The maximum atomic E-state index is 13.1. The van der Waals surface area contributed by atoms with E-state index >= 15 is 0 Å². The largest absolute Gasteiger partial charge is 0.469 e. The molecular formula is C26H22ClN7O3. The molecule has 4 aromatic rings. The van der Waals surface area contributed by atoms with E-state index in [9.17, 15) is 9.59 Å². The van der Waals surface area contributed by atoms with Crippen molar-refractivity contribution in [1.29, 1.82) is 0 Å². The smallest absolute Gasteiger partial charge is 0.309 e.